The number of hydrogen-bond acceptors (Lipinski definition) is 3. The van der Waals surface area contributed by atoms with E-state index in [2.05, 4.69) is 5.32 Å². The summed E-state index contributed by atoms with van der Waals surface area (Å²) >= 11 is 5.94. The minimum Gasteiger partial charge on any atom is -0.444 e. The van der Waals surface area contributed by atoms with Crippen molar-refractivity contribution in [2.45, 2.75) is 45.3 Å². The molecule has 1 fully saturated rings. The van der Waals surface area contributed by atoms with Gasteiger partial charge in [0.05, 0.1) is 6.04 Å². The number of amides is 2. The first kappa shape index (κ1) is 22.2. The predicted molar refractivity (Wildman–Crippen MR) is 119 cm³/mol. The van der Waals surface area contributed by atoms with Crippen LogP contribution in [0.25, 0.3) is 0 Å². The third-order valence-electron chi connectivity index (χ3n) is 5.21. The monoisotopic (exact) mass is 428 g/mol. The van der Waals surface area contributed by atoms with Crippen molar-refractivity contribution in [3.05, 3.63) is 70.7 Å². The van der Waals surface area contributed by atoms with Gasteiger partial charge in [0, 0.05) is 23.7 Å². The smallest absolute Gasteiger partial charge is 0.410 e. The van der Waals surface area contributed by atoms with Gasteiger partial charge in [0.1, 0.15) is 5.60 Å². The molecule has 1 N–H and O–H groups in total. The number of likely N-dealkylation sites (tertiary alicyclic amines) is 1. The summed E-state index contributed by atoms with van der Waals surface area (Å²) < 4.78 is 5.50. The number of nitrogens with one attached hydrogen (secondary N) is 1. The second-order valence-electron chi connectivity index (χ2n) is 8.67. The van der Waals surface area contributed by atoms with E-state index in [1.165, 1.54) is 0 Å². The molecule has 0 spiro atoms. The van der Waals surface area contributed by atoms with E-state index in [0.29, 0.717) is 23.7 Å². The maximum Gasteiger partial charge on any atom is 0.410 e. The maximum absolute atomic E-state index is 12.9. The van der Waals surface area contributed by atoms with Crippen LogP contribution in [0.2, 0.25) is 5.02 Å². The molecule has 2 aromatic rings. The molecule has 6 heteroatoms. The van der Waals surface area contributed by atoms with Gasteiger partial charge < -0.3 is 15.0 Å². The molecule has 2 aromatic carbocycles. The molecule has 3 rings (SSSR count). The fourth-order valence-corrected chi connectivity index (χ4v) is 3.83. The standard InChI is InChI=1S/C24H29ClN2O3/c1-24(2,3)30-23(29)27-15-13-18(14-16-27)21(17-7-5-4-6-8-17)26-22(28)19-9-11-20(25)12-10-19/h4-12,18,21H,13-16H2,1-3H3,(H,26,28)/t21-/m1/s1. The molecule has 0 aromatic heterocycles. The van der Waals surface area contributed by atoms with Gasteiger partial charge in [-0.2, -0.15) is 0 Å². The first-order chi connectivity index (χ1) is 14.2. The van der Waals surface area contributed by atoms with Crippen LogP contribution in [0.3, 0.4) is 0 Å². The summed E-state index contributed by atoms with van der Waals surface area (Å²) in [6.45, 7) is 6.83. The first-order valence-electron chi connectivity index (χ1n) is 10.3. The Hall–Kier alpha value is -2.53. The van der Waals surface area contributed by atoms with Crippen LogP contribution < -0.4 is 5.32 Å². The van der Waals surface area contributed by atoms with Gasteiger partial charge in [-0.05, 0) is 69.4 Å². The van der Waals surface area contributed by atoms with Gasteiger partial charge in [-0.1, -0.05) is 41.9 Å². The average molecular weight is 429 g/mol. The van der Waals surface area contributed by atoms with Crippen LogP contribution in [-0.2, 0) is 4.74 Å². The van der Waals surface area contributed by atoms with E-state index < -0.39 is 5.60 Å². The summed E-state index contributed by atoms with van der Waals surface area (Å²) in [4.78, 5) is 27.0. The molecule has 160 valence electrons. The summed E-state index contributed by atoms with van der Waals surface area (Å²) in [7, 11) is 0. The van der Waals surface area contributed by atoms with Crippen molar-refractivity contribution in [2.24, 2.45) is 5.92 Å². The van der Waals surface area contributed by atoms with E-state index >= 15 is 0 Å². The molecule has 0 bridgehead atoms. The molecule has 1 aliphatic heterocycles. The largest absolute Gasteiger partial charge is 0.444 e. The number of benzene rings is 2. The van der Waals surface area contributed by atoms with Gasteiger partial charge in [0.2, 0.25) is 0 Å². The van der Waals surface area contributed by atoms with Crippen LogP contribution in [0.5, 0.6) is 0 Å². The molecule has 0 saturated carbocycles. The van der Waals surface area contributed by atoms with Gasteiger partial charge >= 0.3 is 6.09 Å². The third kappa shape index (κ3) is 5.99. The zero-order chi connectivity index (χ0) is 21.7. The number of hydrogen-bond donors (Lipinski definition) is 1. The van der Waals surface area contributed by atoms with E-state index in [1.807, 2.05) is 51.1 Å². The summed E-state index contributed by atoms with van der Waals surface area (Å²) in [6.07, 6.45) is 1.31. The molecule has 30 heavy (non-hydrogen) atoms. The van der Waals surface area contributed by atoms with Crippen LogP contribution in [0.4, 0.5) is 4.79 Å². The molecule has 2 amide bonds. The van der Waals surface area contributed by atoms with Crippen LogP contribution in [0.15, 0.2) is 54.6 Å². The number of rotatable bonds is 4. The predicted octanol–water partition coefficient (Wildman–Crippen LogP) is 5.46. The highest BCUT2D eigenvalue weighted by Crippen LogP contribution is 2.32. The highest BCUT2D eigenvalue weighted by molar-refractivity contribution is 6.30. The fourth-order valence-electron chi connectivity index (χ4n) is 3.70. The molecular formula is C24H29ClN2O3. The van der Waals surface area contributed by atoms with Gasteiger partial charge in [-0.15, -0.1) is 0 Å². The number of nitrogens with zero attached hydrogens (tertiary/aromatic N) is 1. The maximum atomic E-state index is 12.9. The van der Waals surface area contributed by atoms with Crippen LogP contribution >= 0.6 is 11.6 Å². The van der Waals surface area contributed by atoms with Crippen molar-refractivity contribution in [1.29, 1.82) is 0 Å². The lowest BCUT2D eigenvalue weighted by Gasteiger charge is -2.37. The zero-order valence-electron chi connectivity index (χ0n) is 17.7. The Labute approximate surface area is 183 Å². The van der Waals surface area contributed by atoms with Gasteiger partial charge in [-0.3, -0.25) is 4.79 Å². The molecule has 1 aliphatic rings. The molecule has 0 aliphatic carbocycles. The minimum atomic E-state index is -0.507. The molecule has 1 saturated heterocycles. The van der Waals surface area contributed by atoms with E-state index in [-0.39, 0.29) is 24.0 Å². The molecule has 5 nitrogen and oxygen atoms in total. The summed E-state index contributed by atoms with van der Waals surface area (Å²) in [5.74, 6) is 0.0948. The fraction of sp³-hybridized carbons (Fsp3) is 0.417. The minimum absolute atomic E-state index is 0.129. The second kappa shape index (κ2) is 9.52. The Bertz CT molecular complexity index is 854. The number of carbonyl (C=O) groups excluding carboxylic acids is 2. The van der Waals surface area contributed by atoms with Crippen molar-refractivity contribution in [2.75, 3.05) is 13.1 Å². The molecule has 1 heterocycles. The molecular weight excluding hydrogens is 400 g/mol. The van der Waals surface area contributed by atoms with Crippen molar-refractivity contribution in [3.8, 4) is 0 Å². The van der Waals surface area contributed by atoms with E-state index in [9.17, 15) is 9.59 Å². The Morgan fingerprint density at radius 2 is 1.63 bits per heavy atom. The number of halogens is 1. The van der Waals surface area contributed by atoms with Crippen LogP contribution in [-0.4, -0.2) is 35.6 Å². The van der Waals surface area contributed by atoms with Gasteiger partial charge in [-0.25, -0.2) is 4.79 Å². The lowest BCUT2D eigenvalue weighted by molar-refractivity contribution is 0.0167. The van der Waals surface area contributed by atoms with Crippen molar-refractivity contribution < 1.29 is 14.3 Å². The number of carbonyl (C=O) groups is 2. The Balaban J connectivity index is 1.70. The Morgan fingerprint density at radius 1 is 1.03 bits per heavy atom. The highest BCUT2D eigenvalue weighted by Gasteiger charge is 2.32. The van der Waals surface area contributed by atoms with E-state index in [1.54, 1.807) is 29.2 Å². The van der Waals surface area contributed by atoms with Crippen LogP contribution in [0, 0.1) is 5.92 Å². The summed E-state index contributed by atoms with van der Waals surface area (Å²) in [5.41, 5.74) is 1.13. The number of piperidine rings is 1. The SMILES string of the molecule is CC(C)(C)OC(=O)N1CCC([C@H](NC(=O)c2ccc(Cl)cc2)c2ccccc2)CC1. The summed E-state index contributed by atoms with van der Waals surface area (Å²) in [5, 5.41) is 3.80. The van der Waals surface area contributed by atoms with Crippen molar-refractivity contribution >= 4 is 23.6 Å². The Kier molecular flexibility index (Phi) is 7.03. The quantitative estimate of drug-likeness (QED) is 0.703. The van der Waals surface area contributed by atoms with Crippen LogP contribution in [0.1, 0.15) is 55.6 Å². The lowest BCUT2D eigenvalue weighted by atomic mass is 9.85. The molecule has 1 atom stereocenters. The molecule has 0 radical (unpaired) electrons. The summed E-state index contributed by atoms with van der Waals surface area (Å²) in [6, 6.07) is 16.7. The zero-order valence-corrected chi connectivity index (χ0v) is 18.5. The normalized spacial score (nSPS) is 16.1. The second-order valence-corrected chi connectivity index (χ2v) is 9.11. The van der Waals surface area contributed by atoms with E-state index in [4.69, 9.17) is 16.3 Å². The topological polar surface area (TPSA) is 58.6 Å². The lowest BCUT2D eigenvalue weighted by Crippen LogP contribution is -2.44. The van der Waals surface area contributed by atoms with E-state index in [0.717, 1.165) is 18.4 Å². The average Bonchev–Trinajstić information content (AvgIpc) is 2.72. The first-order valence-corrected chi connectivity index (χ1v) is 10.7. The number of ether oxygens (including phenoxy) is 1. The molecule has 0 unspecified atom stereocenters. The van der Waals surface area contributed by atoms with Gasteiger partial charge in [0.25, 0.3) is 5.91 Å². The highest BCUT2D eigenvalue weighted by atomic mass is 35.5. The van der Waals surface area contributed by atoms with Gasteiger partial charge in [0.15, 0.2) is 0 Å². The third-order valence-corrected chi connectivity index (χ3v) is 5.47. The van der Waals surface area contributed by atoms with Crippen molar-refractivity contribution in [1.82, 2.24) is 10.2 Å². The Morgan fingerprint density at radius 3 is 2.20 bits per heavy atom. The van der Waals surface area contributed by atoms with Crippen molar-refractivity contribution in [3.63, 3.8) is 0 Å².